The molecule has 2 aliphatic carbocycles. The number of nitrogens with zero attached hydrogens (tertiary/aromatic N) is 2. The molecule has 5 rings (SSSR count). The number of carbonyl (C=O) groups is 2. The largest absolute Gasteiger partial charge is 0.352 e. The Labute approximate surface area is 146 Å². The van der Waals surface area contributed by atoms with Gasteiger partial charge in [-0.05, 0) is 43.2 Å². The van der Waals surface area contributed by atoms with E-state index >= 15 is 0 Å². The molecule has 2 amide bonds. The number of H-pyrrole nitrogens is 1. The van der Waals surface area contributed by atoms with E-state index in [0.29, 0.717) is 18.0 Å². The fraction of sp³-hybridized carbons (Fsp3) is 0.526. The summed E-state index contributed by atoms with van der Waals surface area (Å²) in [6, 6.07) is 1.89. The molecule has 3 heterocycles. The van der Waals surface area contributed by atoms with Gasteiger partial charge < -0.3 is 15.2 Å². The van der Waals surface area contributed by atoms with E-state index < -0.39 is 0 Å². The van der Waals surface area contributed by atoms with Gasteiger partial charge in [0.05, 0.1) is 5.56 Å². The van der Waals surface area contributed by atoms with Crippen LogP contribution in [-0.2, 0) is 11.3 Å². The summed E-state index contributed by atoms with van der Waals surface area (Å²) in [6.45, 7) is 0.488. The number of hydrogen-bond donors (Lipinski definition) is 2. The van der Waals surface area contributed by atoms with Crippen molar-refractivity contribution in [3.63, 3.8) is 0 Å². The lowest BCUT2D eigenvalue weighted by molar-refractivity contribution is -0.127. The van der Waals surface area contributed by atoms with Gasteiger partial charge in [0.15, 0.2) is 0 Å². The van der Waals surface area contributed by atoms with Crippen molar-refractivity contribution in [1.29, 1.82) is 0 Å². The second-order valence-corrected chi connectivity index (χ2v) is 7.60. The first-order valence-corrected chi connectivity index (χ1v) is 9.28. The molecule has 2 saturated carbocycles. The SMILES string of the molecule is O=C(NC1CCCC1)C(C1CC1)N1Cc2ccnc3[nH]cc(c23)C1=O. The molecule has 0 radical (unpaired) electrons. The summed E-state index contributed by atoms with van der Waals surface area (Å²) in [5.74, 6) is 0.278. The Kier molecular flexibility index (Phi) is 3.33. The number of hydrogen-bond acceptors (Lipinski definition) is 3. The molecule has 1 aliphatic heterocycles. The Balaban J connectivity index is 1.46. The average Bonchev–Trinajstić information content (AvgIpc) is 3.12. The minimum absolute atomic E-state index is 0.0343. The van der Waals surface area contributed by atoms with Crippen LogP contribution in [0.5, 0.6) is 0 Å². The van der Waals surface area contributed by atoms with E-state index in [0.717, 1.165) is 42.3 Å². The predicted octanol–water partition coefficient (Wildman–Crippen LogP) is 2.36. The zero-order valence-electron chi connectivity index (χ0n) is 14.1. The van der Waals surface area contributed by atoms with Gasteiger partial charge in [-0.2, -0.15) is 0 Å². The van der Waals surface area contributed by atoms with Crippen LogP contribution < -0.4 is 5.32 Å². The third kappa shape index (κ3) is 2.42. The molecule has 2 N–H and O–H groups in total. The molecule has 2 aromatic heterocycles. The van der Waals surface area contributed by atoms with E-state index in [9.17, 15) is 9.59 Å². The van der Waals surface area contributed by atoms with Crippen LogP contribution in [0.3, 0.4) is 0 Å². The smallest absolute Gasteiger partial charge is 0.257 e. The highest BCUT2D eigenvalue weighted by molar-refractivity contribution is 6.10. The molecular formula is C19H22N4O2. The van der Waals surface area contributed by atoms with Crippen molar-refractivity contribution in [2.45, 2.75) is 57.2 Å². The number of aromatic amines is 1. The molecule has 0 spiro atoms. The summed E-state index contributed by atoms with van der Waals surface area (Å²) >= 11 is 0. The minimum atomic E-state index is -0.348. The molecule has 25 heavy (non-hydrogen) atoms. The van der Waals surface area contributed by atoms with E-state index in [1.54, 1.807) is 17.3 Å². The summed E-state index contributed by atoms with van der Waals surface area (Å²) < 4.78 is 0. The third-order valence-corrected chi connectivity index (χ3v) is 5.87. The van der Waals surface area contributed by atoms with Crippen LogP contribution in [-0.4, -0.2) is 38.8 Å². The van der Waals surface area contributed by atoms with Crippen molar-refractivity contribution >= 4 is 22.8 Å². The number of amides is 2. The average molecular weight is 338 g/mol. The summed E-state index contributed by atoms with van der Waals surface area (Å²) in [4.78, 5) is 35.2. The first-order valence-electron chi connectivity index (χ1n) is 9.28. The lowest BCUT2D eigenvalue weighted by Crippen LogP contribution is -2.53. The van der Waals surface area contributed by atoms with Crippen LogP contribution in [0.1, 0.15) is 54.4 Å². The van der Waals surface area contributed by atoms with Gasteiger partial charge in [0, 0.05) is 30.4 Å². The summed E-state index contributed by atoms with van der Waals surface area (Å²) in [6.07, 6.45) is 10.0. The van der Waals surface area contributed by atoms with E-state index in [1.807, 2.05) is 6.07 Å². The molecule has 2 aromatic rings. The van der Waals surface area contributed by atoms with E-state index in [1.165, 1.54) is 12.8 Å². The highest BCUT2D eigenvalue weighted by atomic mass is 16.2. The standard InChI is InChI=1S/C19H22N4O2/c24-18(22-13-3-1-2-4-13)16(11-5-6-11)23-10-12-7-8-20-17-15(12)14(9-21-17)19(23)25/h7-9,11,13,16H,1-6,10H2,(H,20,21)(H,22,24). The normalized spacial score (nSPS) is 21.8. The van der Waals surface area contributed by atoms with Crippen molar-refractivity contribution in [2.75, 3.05) is 0 Å². The molecule has 1 unspecified atom stereocenters. The number of aromatic nitrogens is 2. The summed E-state index contributed by atoms with van der Waals surface area (Å²) in [7, 11) is 0. The number of nitrogens with one attached hydrogen (secondary N) is 2. The third-order valence-electron chi connectivity index (χ3n) is 5.87. The van der Waals surface area contributed by atoms with Crippen molar-refractivity contribution in [1.82, 2.24) is 20.2 Å². The number of pyridine rings is 1. The summed E-state index contributed by atoms with van der Waals surface area (Å²) in [5, 5.41) is 4.12. The van der Waals surface area contributed by atoms with Gasteiger partial charge in [-0.25, -0.2) is 4.98 Å². The van der Waals surface area contributed by atoms with E-state index in [2.05, 4.69) is 15.3 Å². The molecule has 6 nitrogen and oxygen atoms in total. The Hall–Kier alpha value is -2.37. The summed E-state index contributed by atoms with van der Waals surface area (Å²) in [5.41, 5.74) is 2.46. The predicted molar refractivity (Wildman–Crippen MR) is 92.9 cm³/mol. The second kappa shape index (κ2) is 5.58. The molecule has 130 valence electrons. The quantitative estimate of drug-likeness (QED) is 0.898. The van der Waals surface area contributed by atoms with Crippen LogP contribution in [0.2, 0.25) is 0 Å². The highest BCUT2D eigenvalue weighted by Crippen LogP contribution is 2.39. The van der Waals surface area contributed by atoms with Crippen molar-refractivity contribution in [3.8, 4) is 0 Å². The maximum atomic E-state index is 13.1. The number of rotatable bonds is 4. The maximum absolute atomic E-state index is 13.1. The van der Waals surface area contributed by atoms with Gasteiger partial charge in [0.1, 0.15) is 11.7 Å². The molecule has 6 heteroatoms. The van der Waals surface area contributed by atoms with Crippen molar-refractivity contribution in [3.05, 3.63) is 29.6 Å². The lowest BCUT2D eigenvalue weighted by atomic mass is 9.99. The van der Waals surface area contributed by atoms with Gasteiger partial charge in [-0.1, -0.05) is 12.8 Å². The molecule has 3 aliphatic rings. The van der Waals surface area contributed by atoms with Gasteiger partial charge in [-0.3, -0.25) is 9.59 Å². The van der Waals surface area contributed by atoms with E-state index in [4.69, 9.17) is 0 Å². The van der Waals surface area contributed by atoms with Crippen LogP contribution in [0.4, 0.5) is 0 Å². The molecule has 2 fully saturated rings. The Morgan fingerprint density at radius 3 is 2.84 bits per heavy atom. The van der Waals surface area contributed by atoms with Gasteiger partial charge >= 0.3 is 0 Å². The molecule has 1 atom stereocenters. The van der Waals surface area contributed by atoms with E-state index in [-0.39, 0.29) is 23.9 Å². The molecule has 0 aromatic carbocycles. The minimum Gasteiger partial charge on any atom is -0.352 e. The van der Waals surface area contributed by atoms with Gasteiger partial charge in [-0.15, -0.1) is 0 Å². The van der Waals surface area contributed by atoms with Gasteiger partial charge in [0.25, 0.3) is 5.91 Å². The van der Waals surface area contributed by atoms with Crippen LogP contribution >= 0.6 is 0 Å². The first-order chi connectivity index (χ1) is 12.2. The zero-order valence-corrected chi connectivity index (χ0v) is 14.1. The van der Waals surface area contributed by atoms with Crippen molar-refractivity contribution in [2.24, 2.45) is 5.92 Å². The molecular weight excluding hydrogens is 316 g/mol. The fourth-order valence-electron chi connectivity index (χ4n) is 4.44. The van der Waals surface area contributed by atoms with Crippen molar-refractivity contribution < 1.29 is 9.59 Å². The first kappa shape index (κ1) is 14.9. The molecule has 0 saturated heterocycles. The highest BCUT2D eigenvalue weighted by Gasteiger charge is 2.44. The van der Waals surface area contributed by atoms with Gasteiger partial charge in [0.2, 0.25) is 5.91 Å². The Morgan fingerprint density at radius 2 is 2.08 bits per heavy atom. The van der Waals surface area contributed by atoms with Crippen LogP contribution in [0, 0.1) is 5.92 Å². The zero-order chi connectivity index (χ0) is 17.0. The number of carbonyl (C=O) groups excluding carboxylic acids is 2. The van der Waals surface area contributed by atoms with Crippen LogP contribution in [0.25, 0.3) is 11.0 Å². The Bertz CT molecular complexity index is 848. The second-order valence-electron chi connectivity index (χ2n) is 7.60. The fourth-order valence-corrected chi connectivity index (χ4v) is 4.44. The maximum Gasteiger partial charge on any atom is 0.257 e. The lowest BCUT2D eigenvalue weighted by Gasteiger charge is -2.34. The monoisotopic (exact) mass is 338 g/mol. The molecule has 0 bridgehead atoms. The Morgan fingerprint density at radius 1 is 1.28 bits per heavy atom. The van der Waals surface area contributed by atoms with Crippen LogP contribution in [0.15, 0.2) is 18.5 Å². The topological polar surface area (TPSA) is 78.1 Å².